The molecule has 2 saturated heterocycles. The maximum Gasteiger partial charge on any atom is 0.254 e. The van der Waals surface area contributed by atoms with Gasteiger partial charge in [-0.1, -0.05) is 24.1 Å². The molecule has 150 valence electrons. The Labute approximate surface area is 167 Å². The third-order valence-corrected chi connectivity index (χ3v) is 5.86. The van der Waals surface area contributed by atoms with E-state index in [1.54, 1.807) is 4.68 Å². The fraction of sp³-hybridized carbons (Fsp3) is 0.545. The van der Waals surface area contributed by atoms with E-state index in [1.807, 2.05) is 55.5 Å². The van der Waals surface area contributed by atoms with Crippen LogP contribution in [0.3, 0.4) is 0 Å². The molecule has 0 unspecified atom stereocenters. The van der Waals surface area contributed by atoms with Gasteiger partial charge in [-0.3, -0.25) is 9.48 Å². The highest BCUT2D eigenvalue weighted by atomic mass is 16.5. The summed E-state index contributed by atoms with van der Waals surface area (Å²) in [5.74, 6) is 0.0702. The number of rotatable bonds is 4. The van der Waals surface area contributed by atoms with Crippen molar-refractivity contribution in [2.45, 2.75) is 38.3 Å². The van der Waals surface area contributed by atoms with Gasteiger partial charge in [-0.2, -0.15) is 5.10 Å². The lowest BCUT2D eigenvalue weighted by Gasteiger charge is -2.43. The lowest BCUT2D eigenvalue weighted by atomic mass is 9.98. The number of likely N-dealkylation sites (tertiary alicyclic amines) is 1. The first-order chi connectivity index (χ1) is 13.6. The molecule has 0 spiro atoms. The molecule has 2 aliphatic heterocycles. The Bertz CT molecular complexity index is 795. The number of carbonyl (C=O) groups excluding carboxylic acids is 1. The zero-order valence-corrected chi connectivity index (χ0v) is 16.9. The zero-order chi connectivity index (χ0) is 19.5. The molecule has 0 aliphatic carbocycles. The van der Waals surface area contributed by atoms with Gasteiger partial charge in [0.05, 0.1) is 24.9 Å². The summed E-state index contributed by atoms with van der Waals surface area (Å²) in [7, 11) is 1.92. The minimum absolute atomic E-state index is 0.0366. The smallest absolute Gasteiger partial charge is 0.254 e. The molecule has 2 atom stereocenters. The van der Waals surface area contributed by atoms with Crippen molar-refractivity contribution in [1.29, 1.82) is 0 Å². The van der Waals surface area contributed by atoms with Gasteiger partial charge in [-0.05, 0) is 45.0 Å². The average molecular weight is 383 g/mol. The Morgan fingerprint density at radius 2 is 1.89 bits per heavy atom. The monoisotopic (exact) mass is 382 g/mol. The number of hydrogen-bond donors (Lipinski definition) is 0. The zero-order valence-electron chi connectivity index (χ0n) is 16.9. The van der Waals surface area contributed by atoms with Gasteiger partial charge < -0.3 is 14.5 Å². The largest absolute Gasteiger partial charge is 0.373 e. The first-order valence-electron chi connectivity index (χ1n) is 10.3. The predicted molar refractivity (Wildman–Crippen MR) is 108 cm³/mol. The van der Waals surface area contributed by atoms with Crippen molar-refractivity contribution in [2.24, 2.45) is 7.05 Å². The van der Waals surface area contributed by atoms with Crippen LogP contribution >= 0.6 is 0 Å². The molecule has 2 fully saturated rings. The third-order valence-electron chi connectivity index (χ3n) is 5.86. The highest BCUT2D eigenvalue weighted by molar-refractivity contribution is 5.94. The number of aryl methyl sites for hydroxylation is 2. The van der Waals surface area contributed by atoms with Crippen LogP contribution in [0.1, 0.15) is 46.8 Å². The molecular weight excluding hydrogens is 352 g/mol. The average Bonchev–Trinajstić information content (AvgIpc) is 3.14. The summed E-state index contributed by atoms with van der Waals surface area (Å²) in [6, 6.07) is 7.73. The highest BCUT2D eigenvalue weighted by Crippen LogP contribution is 2.32. The van der Waals surface area contributed by atoms with Crippen molar-refractivity contribution in [2.75, 3.05) is 32.8 Å². The molecule has 0 N–H and O–H groups in total. The maximum absolute atomic E-state index is 13.4. The molecule has 1 aromatic heterocycles. The highest BCUT2D eigenvalue weighted by Gasteiger charge is 2.38. The summed E-state index contributed by atoms with van der Waals surface area (Å²) in [4.78, 5) is 17.8. The molecular formula is C22H30N4O2. The van der Waals surface area contributed by atoms with E-state index >= 15 is 0 Å². The quantitative estimate of drug-likeness (QED) is 0.816. The van der Waals surface area contributed by atoms with Gasteiger partial charge in [0, 0.05) is 37.5 Å². The van der Waals surface area contributed by atoms with Gasteiger partial charge >= 0.3 is 0 Å². The Balaban J connectivity index is 1.61. The normalized spacial score (nSPS) is 23.7. The van der Waals surface area contributed by atoms with Crippen LogP contribution < -0.4 is 0 Å². The van der Waals surface area contributed by atoms with Crippen molar-refractivity contribution >= 4 is 5.91 Å². The Kier molecular flexibility index (Phi) is 5.78. The predicted octanol–water partition coefficient (Wildman–Crippen LogP) is 2.80. The van der Waals surface area contributed by atoms with E-state index in [4.69, 9.17) is 4.74 Å². The second-order valence-corrected chi connectivity index (χ2v) is 8.03. The van der Waals surface area contributed by atoms with Crippen LogP contribution in [0.5, 0.6) is 0 Å². The molecule has 4 rings (SSSR count). The van der Waals surface area contributed by atoms with Crippen LogP contribution in [0, 0.1) is 6.92 Å². The van der Waals surface area contributed by atoms with Crippen molar-refractivity contribution in [1.82, 2.24) is 19.6 Å². The number of morpholine rings is 1. The van der Waals surface area contributed by atoms with Gasteiger partial charge in [0.25, 0.3) is 5.91 Å². The van der Waals surface area contributed by atoms with Crippen molar-refractivity contribution in [3.8, 4) is 0 Å². The van der Waals surface area contributed by atoms with Crippen molar-refractivity contribution in [3.05, 3.63) is 53.3 Å². The molecule has 1 amide bonds. The molecule has 2 aliphatic rings. The molecule has 28 heavy (non-hydrogen) atoms. The number of carbonyl (C=O) groups is 1. The first kappa shape index (κ1) is 19.2. The summed E-state index contributed by atoms with van der Waals surface area (Å²) >= 11 is 0. The molecule has 0 radical (unpaired) electrons. The number of aromatic nitrogens is 2. The molecule has 0 bridgehead atoms. The van der Waals surface area contributed by atoms with E-state index in [9.17, 15) is 4.79 Å². The number of nitrogens with zero attached hydrogens (tertiary/aromatic N) is 4. The van der Waals surface area contributed by atoms with E-state index in [2.05, 4.69) is 10.00 Å². The van der Waals surface area contributed by atoms with E-state index in [0.717, 1.165) is 36.3 Å². The topological polar surface area (TPSA) is 50.6 Å². The van der Waals surface area contributed by atoms with E-state index in [1.165, 1.54) is 19.3 Å². The summed E-state index contributed by atoms with van der Waals surface area (Å²) in [5.41, 5.74) is 2.94. The van der Waals surface area contributed by atoms with Gasteiger partial charge in [-0.15, -0.1) is 0 Å². The Hall–Kier alpha value is -2.18. The molecule has 3 heterocycles. The molecule has 6 nitrogen and oxygen atoms in total. The summed E-state index contributed by atoms with van der Waals surface area (Å²) in [6.45, 7) is 6.31. The number of benzene rings is 1. The number of piperidine rings is 1. The third kappa shape index (κ3) is 4.13. The second-order valence-electron chi connectivity index (χ2n) is 8.03. The van der Waals surface area contributed by atoms with E-state index < -0.39 is 0 Å². The van der Waals surface area contributed by atoms with Gasteiger partial charge in [0.15, 0.2) is 0 Å². The molecule has 2 aromatic rings. The minimum Gasteiger partial charge on any atom is -0.373 e. The van der Waals surface area contributed by atoms with Crippen LogP contribution in [0.4, 0.5) is 0 Å². The molecule has 1 aromatic carbocycles. The van der Waals surface area contributed by atoms with Crippen LogP contribution in [-0.4, -0.2) is 64.4 Å². The van der Waals surface area contributed by atoms with E-state index in [-0.39, 0.29) is 18.1 Å². The number of amides is 1. The second kappa shape index (κ2) is 8.45. The fourth-order valence-electron chi connectivity index (χ4n) is 4.36. The van der Waals surface area contributed by atoms with Crippen LogP contribution in [-0.2, 0) is 11.8 Å². The SMILES string of the molecule is Cc1ccc(C(=O)N2CCO[C@@H](CN3CCCCC3)[C@@H]2c2cnn(C)c2)cc1. The Morgan fingerprint density at radius 3 is 2.57 bits per heavy atom. The van der Waals surface area contributed by atoms with Gasteiger partial charge in [-0.25, -0.2) is 0 Å². The lowest BCUT2D eigenvalue weighted by Crippen LogP contribution is -2.52. The minimum atomic E-state index is -0.113. The fourth-order valence-corrected chi connectivity index (χ4v) is 4.36. The number of ether oxygens (including phenoxy) is 1. The summed E-state index contributed by atoms with van der Waals surface area (Å²) in [6.07, 6.45) is 7.65. The number of hydrogen-bond acceptors (Lipinski definition) is 4. The Morgan fingerprint density at radius 1 is 1.14 bits per heavy atom. The van der Waals surface area contributed by atoms with E-state index in [0.29, 0.717) is 13.2 Å². The summed E-state index contributed by atoms with van der Waals surface area (Å²) < 4.78 is 8.02. The van der Waals surface area contributed by atoms with Crippen molar-refractivity contribution < 1.29 is 9.53 Å². The van der Waals surface area contributed by atoms with Crippen LogP contribution in [0.25, 0.3) is 0 Å². The van der Waals surface area contributed by atoms with Crippen molar-refractivity contribution in [3.63, 3.8) is 0 Å². The lowest BCUT2D eigenvalue weighted by molar-refractivity contribution is -0.0741. The first-order valence-corrected chi connectivity index (χ1v) is 10.3. The molecule has 6 heteroatoms. The van der Waals surface area contributed by atoms with Crippen LogP contribution in [0.2, 0.25) is 0 Å². The van der Waals surface area contributed by atoms with Gasteiger partial charge in [0.1, 0.15) is 0 Å². The summed E-state index contributed by atoms with van der Waals surface area (Å²) in [5, 5.41) is 4.36. The molecule has 0 saturated carbocycles. The standard InChI is InChI=1S/C22H30N4O2/c1-17-6-8-18(9-7-17)22(27)26-12-13-28-20(16-25-10-4-3-5-11-25)21(26)19-14-23-24(2)15-19/h6-9,14-15,20-21H,3-5,10-13,16H2,1-2H3/t20-,21-/m0/s1. The maximum atomic E-state index is 13.4. The van der Waals surface area contributed by atoms with Crippen LogP contribution in [0.15, 0.2) is 36.7 Å². The van der Waals surface area contributed by atoms with Gasteiger partial charge in [0.2, 0.25) is 0 Å².